The van der Waals surface area contributed by atoms with E-state index >= 15 is 0 Å². The van der Waals surface area contributed by atoms with Gasteiger partial charge in [0.1, 0.15) is 16.9 Å². The Hall–Kier alpha value is -3.04. The van der Waals surface area contributed by atoms with Crippen LogP contribution in [-0.4, -0.2) is 50.9 Å². The quantitative estimate of drug-likeness (QED) is 0.363. The van der Waals surface area contributed by atoms with Crippen LogP contribution in [0.15, 0.2) is 35.7 Å². The Labute approximate surface area is 177 Å². The number of thiophene rings is 1. The lowest BCUT2D eigenvalue weighted by molar-refractivity contribution is 0.125. The Balaban J connectivity index is 1.38. The zero-order chi connectivity index (χ0) is 20.7. The lowest BCUT2D eigenvalue weighted by Gasteiger charge is -2.21. The van der Waals surface area contributed by atoms with Crippen LogP contribution in [0.2, 0.25) is 0 Å². The fraction of sp³-hybridized carbons (Fsp3) is 0.333. The molecule has 0 spiro atoms. The van der Waals surface area contributed by atoms with E-state index in [0.717, 1.165) is 52.4 Å². The van der Waals surface area contributed by atoms with Gasteiger partial charge in [0.25, 0.3) is 0 Å². The molecule has 0 atom stereocenters. The largest absolute Gasteiger partial charge is 0.497 e. The van der Waals surface area contributed by atoms with Crippen LogP contribution in [0.5, 0.6) is 5.75 Å². The molecule has 4 heterocycles. The second-order valence-electron chi connectivity index (χ2n) is 7.39. The van der Waals surface area contributed by atoms with Crippen molar-refractivity contribution in [3.05, 3.63) is 52.4 Å². The number of nitrogens with zero attached hydrogens (tertiary/aromatic N) is 6. The number of aromatic nitrogens is 4. The van der Waals surface area contributed by atoms with Gasteiger partial charge < -0.3 is 14.5 Å². The number of fused-ring (bicyclic) bond motifs is 5. The first kappa shape index (κ1) is 19.0. The van der Waals surface area contributed by atoms with Crippen molar-refractivity contribution in [1.82, 2.24) is 24.5 Å². The van der Waals surface area contributed by atoms with E-state index in [0.29, 0.717) is 5.82 Å². The van der Waals surface area contributed by atoms with Crippen molar-refractivity contribution in [2.45, 2.75) is 26.5 Å². The zero-order valence-corrected chi connectivity index (χ0v) is 17.9. The Morgan fingerprint density at radius 2 is 2.10 bits per heavy atom. The highest BCUT2D eigenvalue weighted by atomic mass is 32.1. The van der Waals surface area contributed by atoms with Crippen LogP contribution in [-0.2, 0) is 24.4 Å². The van der Waals surface area contributed by atoms with Crippen LogP contribution in [0.1, 0.15) is 28.8 Å². The normalized spacial score (nSPS) is 15.0. The molecule has 0 saturated heterocycles. The van der Waals surface area contributed by atoms with E-state index in [1.807, 2.05) is 31.2 Å². The van der Waals surface area contributed by atoms with Gasteiger partial charge in [-0.25, -0.2) is 14.5 Å². The Morgan fingerprint density at radius 1 is 1.27 bits per heavy atom. The van der Waals surface area contributed by atoms with Gasteiger partial charge in [-0.05, 0) is 55.8 Å². The van der Waals surface area contributed by atoms with Crippen molar-refractivity contribution in [3.8, 4) is 5.75 Å². The maximum absolute atomic E-state index is 5.54. The average molecular weight is 423 g/mol. The summed E-state index contributed by atoms with van der Waals surface area (Å²) in [7, 11) is 3.80. The molecule has 3 aromatic heterocycles. The summed E-state index contributed by atoms with van der Waals surface area (Å²) >= 11 is 1.75. The number of hydrogen-bond acceptors (Lipinski definition) is 8. The van der Waals surface area contributed by atoms with Gasteiger partial charge in [0.05, 0.1) is 18.2 Å². The molecule has 1 aromatic carbocycles. The summed E-state index contributed by atoms with van der Waals surface area (Å²) in [5.74, 6) is 1.40. The third-order valence-corrected chi connectivity index (χ3v) is 6.44. The number of likely N-dealkylation sites (N-methyl/N-ethyl adjacent to an activating group) is 1. The molecule has 30 heavy (non-hydrogen) atoms. The number of benzene rings is 1. The molecule has 0 unspecified atom stereocenters. The minimum Gasteiger partial charge on any atom is -0.497 e. The molecule has 1 aliphatic heterocycles. The van der Waals surface area contributed by atoms with E-state index in [-0.39, 0.29) is 6.61 Å². The van der Waals surface area contributed by atoms with Crippen molar-refractivity contribution in [2.24, 2.45) is 5.16 Å². The summed E-state index contributed by atoms with van der Waals surface area (Å²) in [4.78, 5) is 19.6. The SMILES string of the molecule is COc1ccc(/C(C)=N/OCc2nc3c4c5c(sc4ncn3n2)CN(C)CC5)cc1. The van der Waals surface area contributed by atoms with E-state index < -0.39 is 0 Å². The maximum Gasteiger partial charge on any atom is 0.192 e. The fourth-order valence-corrected chi connectivity index (χ4v) is 4.96. The monoisotopic (exact) mass is 422 g/mol. The van der Waals surface area contributed by atoms with Gasteiger partial charge in [-0.3, -0.25) is 0 Å². The summed E-state index contributed by atoms with van der Waals surface area (Å²) in [6, 6.07) is 7.69. The maximum atomic E-state index is 5.54. The zero-order valence-electron chi connectivity index (χ0n) is 17.1. The number of hydrogen-bond donors (Lipinski definition) is 0. The van der Waals surface area contributed by atoms with Crippen molar-refractivity contribution < 1.29 is 9.57 Å². The van der Waals surface area contributed by atoms with Crippen LogP contribution in [0, 0.1) is 0 Å². The molecule has 0 radical (unpaired) electrons. The summed E-state index contributed by atoms with van der Waals surface area (Å²) < 4.78 is 6.93. The van der Waals surface area contributed by atoms with E-state index in [9.17, 15) is 0 Å². The topological polar surface area (TPSA) is 77.1 Å². The third-order valence-electron chi connectivity index (χ3n) is 5.32. The van der Waals surface area contributed by atoms with Crippen LogP contribution in [0.25, 0.3) is 15.9 Å². The van der Waals surface area contributed by atoms with Crippen LogP contribution in [0.4, 0.5) is 0 Å². The minimum absolute atomic E-state index is 0.200. The summed E-state index contributed by atoms with van der Waals surface area (Å²) in [6.07, 6.45) is 2.74. The first-order chi connectivity index (χ1) is 14.6. The van der Waals surface area contributed by atoms with Crippen molar-refractivity contribution in [3.63, 3.8) is 0 Å². The lowest BCUT2D eigenvalue weighted by Crippen LogP contribution is -2.25. The highest BCUT2D eigenvalue weighted by molar-refractivity contribution is 7.19. The predicted octanol–water partition coefficient (Wildman–Crippen LogP) is 3.28. The molecule has 0 bridgehead atoms. The van der Waals surface area contributed by atoms with E-state index in [1.165, 1.54) is 10.4 Å². The first-order valence-corrected chi connectivity index (χ1v) is 10.6. The van der Waals surface area contributed by atoms with Crippen molar-refractivity contribution >= 4 is 32.9 Å². The molecule has 5 rings (SSSR count). The number of rotatable bonds is 5. The summed E-state index contributed by atoms with van der Waals surface area (Å²) in [5, 5.41) is 9.87. The van der Waals surface area contributed by atoms with Crippen molar-refractivity contribution in [1.29, 1.82) is 0 Å². The van der Waals surface area contributed by atoms with Gasteiger partial charge >= 0.3 is 0 Å². The number of oxime groups is 1. The molecular weight excluding hydrogens is 400 g/mol. The first-order valence-electron chi connectivity index (χ1n) is 9.76. The number of methoxy groups -OCH3 is 1. The third kappa shape index (κ3) is 3.40. The van der Waals surface area contributed by atoms with Crippen LogP contribution in [0.3, 0.4) is 0 Å². The molecule has 0 fully saturated rings. The Morgan fingerprint density at radius 3 is 2.90 bits per heavy atom. The Kier molecular flexibility index (Phi) is 4.84. The number of ether oxygens (including phenoxy) is 1. The van der Waals surface area contributed by atoms with Crippen LogP contribution >= 0.6 is 11.3 Å². The Bertz CT molecular complexity index is 1240. The van der Waals surface area contributed by atoms with Crippen LogP contribution < -0.4 is 4.74 Å². The van der Waals surface area contributed by atoms with Gasteiger partial charge in [0, 0.05) is 18.0 Å². The molecular formula is C21H22N6O2S. The van der Waals surface area contributed by atoms with Gasteiger partial charge in [0.2, 0.25) is 0 Å². The predicted molar refractivity (Wildman–Crippen MR) is 116 cm³/mol. The van der Waals surface area contributed by atoms with Gasteiger partial charge in [-0.2, -0.15) is 0 Å². The lowest BCUT2D eigenvalue weighted by atomic mass is 10.1. The summed E-state index contributed by atoms with van der Waals surface area (Å²) in [5.41, 5.74) is 3.96. The molecule has 0 N–H and O–H groups in total. The van der Waals surface area contributed by atoms with Crippen molar-refractivity contribution in [2.75, 3.05) is 20.7 Å². The molecule has 8 nitrogen and oxygen atoms in total. The van der Waals surface area contributed by atoms with E-state index in [2.05, 4.69) is 27.2 Å². The van der Waals surface area contributed by atoms with Gasteiger partial charge in [-0.15, -0.1) is 16.4 Å². The average Bonchev–Trinajstić information content (AvgIpc) is 3.33. The second kappa shape index (κ2) is 7.66. The van der Waals surface area contributed by atoms with E-state index in [1.54, 1.807) is 29.3 Å². The highest BCUT2D eigenvalue weighted by Crippen LogP contribution is 2.35. The molecule has 9 heteroatoms. The second-order valence-corrected chi connectivity index (χ2v) is 8.47. The highest BCUT2D eigenvalue weighted by Gasteiger charge is 2.22. The molecule has 154 valence electrons. The summed E-state index contributed by atoms with van der Waals surface area (Å²) in [6.45, 7) is 4.11. The standard InChI is InChI=1S/C21H22N6O2S/c1-13(14-4-6-15(28-3)7-5-14)25-29-11-18-23-20-19-16-8-9-26(2)10-17(16)30-21(19)22-12-27(20)24-18/h4-7,12H,8-11H2,1-3H3/b25-13+. The van der Waals surface area contributed by atoms with E-state index in [4.69, 9.17) is 14.6 Å². The smallest absolute Gasteiger partial charge is 0.192 e. The van der Waals surface area contributed by atoms with Gasteiger partial charge in [-0.1, -0.05) is 5.16 Å². The molecule has 4 aromatic rings. The molecule has 0 amide bonds. The molecule has 1 aliphatic rings. The molecule has 0 saturated carbocycles. The molecule has 0 aliphatic carbocycles. The minimum atomic E-state index is 0.200. The fourth-order valence-electron chi connectivity index (χ4n) is 3.70. The van der Waals surface area contributed by atoms with Gasteiger partial charge in [0.15, 0.2) is 18.1 Å².